The Balaban J connectivity index is 1.77. The molecule has 0 nitrogen and oxygen atoms in total. The molecule has 0 aliphatic heterocycles. The Kier molecular flexibility index (Phi) is 5.77. The zero-order valence-electron chi connectivity index (χ0n) is 15.2. The summed E-state index contributed by atoms with van der Waals surface area (Å²) in [5.41, 5.74) is 6.33. The molecule has 0 saturated carbocycles. The highest BCUT2D eigenvalue weighted by Crippen LogP contribution is 2.52. The van der Waals surface area contributed by atoms with Gasteiger partial charge in [0.05, 0.1) is 0 Å². The van der Waals surface area contributed by atoms with Gasteiger partial charge in [0.2, 0.25) is 0 Å². The van der Waals surface area contributed by atoms with E-state index in [0.717, 1.165) is 8.58 Å². The Morgan fingerprint density at radius 1 is 0.333 bits per heavy atom. The molecule has 27 heavy (non-hydrogen) atoms. The monoisotopic (exact) mass is 366 g/mol. The van der Waals surface area contributed by atoms with E-state index < -0.39 is 0 Å². The summed E-state index contributed by atoms with van der Waals surface area (Å²) in [4.78, 5) is 0. The van der Waals surface area contributed by atoms with E-state index in [2.05, 4.69) is 121 Å². The van der Waals surface area contributed by atoms with E-state index in [1.165, 1.54) is 22.3 Å². The molecular formula is C26H23P. The molecule has 132 valence electrons. The number of hydrogen-bond acceptors (Lipinski definition) is 0. The van der Waals surface area contributed by atoms with Crippen molar-refractivity contribution in [2.75, 3.05) is 0 Å². The summed E-state index contributed by atoms with van der Waals surface area (Å²) >= 11 is 0. The normalized spacial score (nSPS) is 11.0. The zero-order chi connectivity index (χ0) is 18.3. The van der Waals surface area contributed by atoms with Gasteiger partial charge in [-0.3, -0.25) is 0 Å². The third-order valence-corrected chi connectivity index (χ3v) is 6.86. The first-order chi connectivity index (χ1) is 13.4. The third kappa shape index (κ3) is 4.35. The molecule has 0 unspecified atom stereocenters. The molecular weight excluding hydrogens is 343 g/mol. The van der Waals surface area contributed by atoms with Crippen molar-refractivity contribution in [3.63, 3.8) is 0 Å². The zero-order valence-corrected chi connectivity index (χ0v) is 16.2. The SMILES string of the molecule is c1ccc(C(PC(c2ccccc2)c2ccccc2)c2ccccc2)cc1. The molecule has 0 bridgehead atoms. The van der Waals surface area contributed by atoms with Crippen LogP contribution in [0.2, 0.25) is 0 Å². The summed E-state index contributed by atoms with van der Waals surface area (Å²) in [5, 5.41) is 0. The lowest BCUT2D eigenvalue weighted by Crippen LogP contribution is -2.01. The molecule has 0 fully saturated rings. The van der Waals surface area contributed by atoms with Gasteiger partial charge in [-0.15, -0.1) is 0 Å². The molecule has 0 radical (unpaired) electrons. The summed E-state index contributed by atoms with van der Waals surface area (Å²) in [7, 11) is 0.724. The van der Waals surface area contributed by atoms with E-state index >= 15 is 0 Å². The lowest BCUT2D eigenvalue weighted by Gasteiger charge is -2.26. The number of rotatable bonds is 6. The smallest absolute Gasteiger partial charge is 0.0271 e. The van der Waals surface area contributed by atoms with Crippen molar-refractivity contribution in [1.29, 1.82) is 0 Å². The summed E-state index contributed by atoms with van der Waals surface area (Å²) in [6, 6.07) is 43.7. The van der Waals surface area contributed by atoms with E-state index in [1.54, 1.807) is 0 Å². The Morgan fingerprint density at radius 3 is 0.778 bits per heavy atom. The van der Waals surface area contributed by atoms with Crippen LogP contribution in [0.25, 0.3) is 0 Å². The molecule has 0 aromatic heterocycles. The fraction of sp³-hybridized carbons (Fsp3) is 0.0769. The average molecular weight is 366 g/mol. The summed E-state index contributed by atoms with van der Waals surface area (Å²) < 4.78 is 0. The predicted molar refractivity (Wildman–Crippen MR) is 118 cm³/mol. The predicted octanol–water partition coefficient (Wildman–Crippen LogP) is 7.24. The first-order valence-corrected chi connectivity index (χ1v) is 10.5. The van der Waals surface area contributed by atoms with Gasteiger partial charge in [0.1, 0.15) is 0 Å². The molecule has 4 rings (SSSR count). The molecule has 0 atom stereocenters. The van der Waals surface area contributed by atoms with Crippen LogP contribution in [0.15, 0.2) is 121 Å². The first-order valence-electron chi connectivity index (χ1n) is 9.37. The van der Waals surface area contributed by atoms with Crippen molar-refractivity contribution in [3.05, 3.63) is 144 Å². The van der Waals surface area contributed by atoms with Crippen LogP contribution in [0.5, 0.6) is 0 Å². The van der Waals surface area contributed by atoms with E-state index in [-0.39, 0.29) is 0 Å². The highest BCUT2D eigenvalue weighted by atomic mass is 31.1. The van der Waals surface area contributed by atoms with Crippen LogP contribution < -0.4 is 0 Å². The van der Waals surface area contributed by atoms with Crippen LogP contribution >= 0.6 is 8.58 Å². The minimum Gasteiger partial charge on any atom is -0.0972 e. The van der Waals surface area contributed by atoms with Gasteiger partial charge in [-0.1, -0.05) is 130 Å². The Bertz CT molecular complexity index is 774. The summed E-state index contributed by atoms with van der Waals surface area (Å²) in [6.07, 6.45) is 0. The fourth-order valence-corrected chi connectivity index (χ4v) is 5.39. The van der Waals surface area contributed by atoms with Crippen molar-refractivity contribution in [2.45, 2.75) is 11.3 Å². The van der Waals surface area contributed by atoms with Crippen molar-refractivity contribution in [1.82, 2.24) is 0 Å². The van der Waals surface area contributed by atoms with Crippen molar-refractivity contribution in [3.8, 4) is 0 Å². The van der Waals surface area contributed by atoms with E-state index in [0.29, 0.717) is 11.3 Å². The van der Waals surface area contributed by atoms with E-state index in [9.17, 15) is 0 Å². The highest BCUT2D eigenvalue weighted by Gasteiger charge is 2.22. The molecule has 0 heterocycles. The molecule has 4 aromatic rings. The standard InChI is InChI=1S/C26H23P/c1-5-13-21(14-6-1)25(22-15-7-2-8-16-22)27-26(23-17-9-3-10-18-23)24-19-11-4-12-20-24/h1-20,25-27H. The van der Waals surface area contributed by atoms with Gasteiger partial charge < -0.3 is 0 Å². The Labute approximate surface area is 163 Å². The van der Waals surface area contributed by atoms with Gasteiger partial charge >= 0.3 is 0 Å². The van der Waals surface area contributed by atoms with Crippen molar-refractivity contribution >= 4 is 8.58 Å². The minimum atomic E-state index is 0.387. The van der Waals surface area contributed by atoms with Gasteiger partial charge in [0.15, 0.2) is 0 Å². The topological polar surface area (TPSA) is 0 Å². The molecule has 0 spiro atoms. The maximum atomic E-state index is 2.26. The van der Waals surface area contributed by atoms with Crippen LogP contribution in [-0.2, 0) is 0 Å². The van der Waals surface area contributed by atoms with Crippen LogP contribution in [-0.4, -0.2) is 0 Å². The molecule has 0 aliphatic rings. The Morgan fingerprint density at radius 2 is 0.556 bits per heavy atom. The maximum Gasteiger partial charge on any atom is 0.0271 e. The van der Waals surface area contributed by atoms with Crippen molar-refractivity contribution in [2.24, 2.45) is 0 Å². The summed E-state index contributed by atoms with van der Waals surface area (Å²) in [5.74, 6) is 0. The highest BCUT2D eigenvalue weighted by molar-refractivity contribution is 7.39. The van der Waals surface area contributed by atoms with Crippen molar-refractivity contribution < 1.29 is 0 Å². The van der Waals surface area contributed by atoms with Crippen LogP contribution in [0.1, 0.15) is 33.6 Å². The average Bonchev–Trinajstić information content (AvgIpc) is 2.77. The van der Waals surface area contributed by atoms with Gasteiger partial charge in [-0.25, -0.2) is 0 Å². The first kappa shape index (κ1) is 17.7. The second-order valence-corrected chi connectivity index (χ2v) is 8.16. The molecule has 0 amide bonds. The molecule has 0 N–H and O–H groups in total. The number of hydrogen-bond donors (Lipinski definition) is 0. The minimum absolute atomic E-state index is 0.387. The van der Waals surface area contributed by atoms with Gasteiger partial charge in [0.25, 0.3) is 0 Å². The maximum absolute atomic E-state index is 2.26. The van der Waals surface area contributed by atoms with E-state index in [1.807, 2.05) is 0 Å². The fourth-order valence-electron chi connectivity index (χ4n) is 3.52. The second kappa shape index (κ2) is 8.80. The molecule has 4 aromatic carbocycles. The quantitative estimate of drug-likeness (QED) is 0.315. The van der Waals surface area contributed by atoms with Crippen LogP contribution in [0.4, 0.5) is 0 Å². The van der Waals surface area contributed by atoms with Gasteiger partial charge in [-0.2, -0.15) is 0 Å². The lowest BCUT2D eigenvalue weighted by molar-refractivity contribution is 1.08. The van der Waals surface area contributed by atoms with Gasteiger partial charge in [-0.05, 0) is 22.3 Å². The third-order valence-electron chi connectivity index (χ3n) is 4.86. The molecule has 0 saturated heterocycles. The van der Waals surface area contributed by atoms with Crippen LogP contribution in [0, 0.1) is 0 Å². The molecule has 1 heteroatoms. The summed E-state index contributed by atoms with van der Waals surface area (Å²) in [6.45, 7) is 0. The van der Waals surface area contributed by atoms with Gasteiger partial charge in [0, 0.05) is 11.3 Å². The largest absolute Gasteiger partial charge is 0.0972 e. The Hall–Kier alpha value is -2.69. The number of benzene rings is 4. The van der Waals surface area contributed by atoms with E-state index in [4.69, 9.17) is 0 Å². The van der Waals surface area contributed by atoms with Crippen LogP contribution in [0.3, 0.4) is 0 Å². The molecule has 0 aliphatic carbocycles. The lowest BCUT2D eigenvalue weighted by atomic mass is 10.0. The second-order valence-electron chi connectivity index (χ2n) is 6.68.